The molecule has 0 aromatic rings. The van der Waals surface area contributed by atoms with E-state index in [-0.39, 0.29) is 6.10 Å². The van der Waals surface area contributed by atoms with Crippen molar-refractivity contribution in [1.29, 1.82) is 0 Å². The molecule has 1 aliphatic rings. The second-order valence-electron chi connectivity index (χ2n) is 4.24. The molecular formula is C11H23NOS. The lowest BCUT2D eigenvalue weighted by atomic mass is 9.87. The highest BCUT2D eigenvalue weighted by molar-refractivity contribution is 7.98. The Labute approximate surface area is 91.9 Å². The van der Waals surface area contributed by atoms with Crippen LogP contribution in [0.4, 0.5) is 0 Å². The van der Waals surface area contributed by atoms with Crippen molar-refractivity contribution >= 4 is 11.8 Å². The van der Waals surface area contributed by atoms with Crippen molar-refractivity contribution in [3.63, 3.8) is 0 Å². The zero-order valence-electron chi connectivity index (χ0n) is 9.17. The molecule has 0 amide bonds. The lowest BCUT2D eigenvalue weighted by Gasteiger charge is -2.25. The molecule has 2 N–H and O–H groups in total. The Morgan fingerprint density at radius 2 is 2.29 bits per heavy atom. The summed E-state index contributed by atoms with van der Waals surface area (Å²) < 4.78 is 0. The minimum Gasteiger partial charge on any atom is -0.393 e. The van der Waals surface area contributed by atoms with Gasteiger partial charge < -0.3 is 10.4 Å². The predicted octanol–water partition coefficient (Wildman–Crippen LogP) is 1.88. The summed E-state index contributed by atoms with van der Waals surface area (Å²) in [5.41, 5.74) is 0. The summed E-state index contributed by atoms with van der Waals surface area (Å²) in [5.74, 6) is 1.97. The highest BCUT2D eigenvalue weighted by Crippen LogP contribution is 2.23. The normalized spacial score (nSPS) is 27.9. The summed E-state index contributed by atoms with van der Waals surface area (Å²) in [6.07, 6.45) is 7.92. The highest BCUT2D eigenvalue weighted by atomic mass is 32.2. The van der Waals surface area contributed by atoms with Crippen LogP contribution in [-0.4, -0.2) is 36.3 Å². The van der Waals surface area contributed by atoms with E-state index in [1.165, 1.54) is 25.0 Å². The Hall–Kier alpha value is 0.270. The standard InChI is InChI=1S/C11H23NOS/c1-14-7-3-6-12-9-10-4-2-5-11(13)8-10/h10-13H,2-9H2,1H3. The average Bonchev–Trinajstić information content (AvgIpc) is 2.18. The molecule has 1 fully saturated rings. The fourth-order valence-corrected chi connectivity index (χ4v) is 2.53. The summed E-state index contributed by atoms with van der Waals surface area (Å²) >= 11 is 1.91. The third-order valence-electron chi connectivity index (χ3n) is 2.89. The molecule has 84 valence electrons. The number of rotatable bonds is 6. The lowest BCUT2D eigenvalue weighted by Crippen LogP contribution is -2.29. The first-order valence-electron chi connectivity index (χ1n) is 5.70. The molecule has 1 rings (SSSR count). The largest absolute Gasteiger partial charge is 0.393 e. The van der Waals surface area contributed by atoms with Crippen molar-refractivity contribution in [3.8, 4) is 0 Å². The molecule has 1 aliphatic carbocycles. The van der Waals surface area contributed by atoms with Gasteiger partial charge in [0.05, 0.1) is 6.10 Å². The van der Waals surface area contributed by atoms with Crippen LogP contribution in [0, 0.1) is 5.92 Å². The van der Waals surface area contributed by atoms with E-state index in [2.05, 4.69) is 11.6 Å². The van der Waals surface area contributed by atoms with Gasteiger partial charge in [-0.25, -0.2) is 0 Å². The molecule has 0 bridgehead atoms. The molecule has 0 heterocycles. The number of thioether (sulfide) groups is 1. The van der Waals surface area contributed by atoms with Crippen LogP contribution in [0.3, 0.4) is 0 Å². The summed E-state index contributed by atoms with van der Waals surface area (Å²) in [6.45, 7) is 2.23. The molecule has 0 spiro atoms. The van der Waals surface area contributed by atoms with Crippen LogP contribution in [0.1, 0.15) is 32.1 Å². The number of aliphatic hydroxyl groups is 1. The van der Waals surface area contributed by atoms with Crippen LogP contribution in [0.25, 0.3) is 0 Å². The molecule has 14 heavy (non-hydrogen) atoms. The van der Waals surface area contributed by atoms with Gasteiger partial charge in [0.15, 0.2) is 0 Å². The average molecular weight is 217 g/mol. The molecule has 0 radical (unpaired) electrons. The monoisotopic (exact) mass is 217 g/mol. The van der Waals surface area contributed by atoms with Gasteiger partial charge in [-0.3, -0.25) is 0 Å². The van der Waals surface area contributed by atoms with Gasteiger partial charge in [0.2, 0.25) is 0 Å². The molecule has 0 aliphatic heterocycles. The Kier molecular flexibility index (Phi) is 6.65. The third kappa shape index (κ3) is 5.23. The van der Waals surface area contributed by atoms with Crippen molar-refractivity contribution in [1.82, 2.24) is 5.32 Å². The van der Waals surface area contributed by atoms with Crippen LogP contribution in [-0.2, 0) is 0 Å². The molecule has 0 saturated heterocycles. The number of hydrogen-bond acceptors (Lipinski definition) is 3. The first-order chi connectivity index (χ1) is 6.83. The van der Waals surface area contributed by atoms with Gasteiger partial charge in [-0.1, -0.05) is 6.42 Å². The van der Waals surface area contributed by atoms with Gasteiger partial charge in [0.1, 0.15) is 0 Å². The first kappa shape index (κ1) is 12.3. The maximum Gasteiger partial charge on any atom is 0.0543 e. The highest BCUT2D eigenvalue weighted by Gasteiger charge is 2.19. The minimum atomic E-state index is -0.0262. The molecule has 2 unspecified atom stereocenters. The maximum absolute atomic E-state index is 9.49. The molecule has 1 saturated carbocycles. The molecule has 3 heteroatoms. The van der Waals surface area contributed by atoms with Crippen molar-refractivity contribution in [2.75, 3.05) is 25.1 Å². The van der Waals surface area contributed by atoms with Gasteiger partial charge in [-0.05, 0) is 56.7 Å². The molecular weight excluding hydrogens is 194 g/mol. The van der Waals surface area contributed by atoms with Gasteiger partial charge in [0, 0.05) is 0 Å². The van der Waals surface area contributed by atoms with Crippen LogP contribution < -0.4 is 5.32 Å². The van der Waals surface area contributed by atoms with Gasteiger partial charge >= 0.3 is 0 Å². The minimum absolute atomic E-state index is 0.0262. The Morgan fingerprint density at radius 3 is 3.00 bits per heavy atom. The topological polar surface area (TPSA) is 32.3 Å². The fraction of sp³-hybridized carbons (Fsp3) is 1.00. The van der Waals surface area contributed by atoms with E-state index in [1.54, 1.807) is 0 Å². The molecule has 2 atom stereocenters. The fourth-order valence-electron chi connectivity index (χ4n) is 2.10. The zero-order chi connectivity index (χ0) is 10.2. The SMILES string of the molecule is CSCCCNCC1CCCC(O)C1. The predicted molar refractivity (Wildman–Crippen MR) is 63.8 cm³/mol. The van der Waals surface area contributed by atoms with E-state index in [4.69, 9.17) is 0 Å². The van der Waals surface area contributed by atoms with Crippen molar-refractivity contribution in [3.05, 3.63) is 0 Å². The van der Waals surface area contributed by atoms with Crippen LogP contribution in [0.15, 0.2) is 0 Å². The van der Waals surface area contributed by atoms with E-state index in [0.29, 0.717) is 5.92 Å². The van der Waals surface area contributed by atoms with Crippen molar-refractivity contribution in [2.45, 2.75) is 38.2 Å². The Balaban J connectivity index is 1.95. The molecule has 0 aromatic heterocycles. The van der Waals surface area contributed by atoms with Gasteiger partial charge in [0.25, 0.3) is 0 Å². The van der Waals surface area contributed by atoms with Gasteiger partial charge in [-0.2, -0.15) is 11.8 Å². The van der Waals surface area contributed by atoms with E-state index >= 15 is 0 Å². The van der Waals surface area contributed by atoms with Crippen molar-refractivity contribution < 1.29 is 5.11 Å². The summed E-state index contributed by atoms with van der Waals surface area (Å²) in [6, 6.07) is 0. The van der Waals surface area contributed by atoms with E-state index in [9.17, 15) is 5.11 Å². The number of aliphatic hydroxyl groups excluding tert-OH is 1. The second kappa shape index (κ2) is 7.55. The Morgan fingerprint density at radius 1 is 1.43 bits per heavy atom. The van der Waals surface area contributed by atoms with E-state index in [0.717, 1.165) is 25.9 Å². The third-order valence-corrected chi connectivity index (χ3v) is 3.59. The molecule has 0 aromatic carbocycles. The zero-order valence-corrected chi connectivity index (χ0v) is 9.98. The maximum atomic E-state index is 9.49. The van der Waals surface area contributed by atoms with Crippen molar-refractivity contribution in [2.24, 2.45) is 5.92 Å². The van der Waals surface area contributed by atoms with Gasteiger partial charge in [-0.15, -0.1) is 0 Å². The smallest absolute Gasteiger partial charge is 0.0543 e. The first-order valence-corrected chi connectivity index (χ1v) is 7.10. The number of hydrogen-bond donors (Lipinski definition) is 2. The molecule has 2 nitrogen and oxygen atoms in total. The van der Waals surface area contributed by atoms with E-state index in [1.807, 2.05) is 11.8 Å². The lowest BCUT2D eigenvalue weighted by molar-refractivity contribution is 0.101. The summed E-state index contributed by atoms with van der Waals surface area (Å²) in [5, 5.41) is 13.0. The van der Waals surface area contributed by atoms with Crippen LogP contribution in [0.2, 0.25) is 0 Å². The summed E-state index contributed by atoms with van der Waals surface area (Å²) in [4.78, 5) is 0. The number of nitrogens with one attached hydrogen (secondary N) is 1. The summed E-state index contributed by atoms with van der Waals surface area (Å²) in [7, 11) is 0. The van der Waals surface area contributed by atoms with Crippen LogP contribution in [0.5, 0.6) is 0 Å². The van der Waals surface area contributed by atoms with Crippen LogP contribution >= 0.6 is 11.8 Å². The second-order valence-corrected chi connectivity index (χ2v) is 5.22. The van der Waals surface area contributed by atoms with E-state index < -0.39 is 0 Å². The quantitative estimate of drug-likeness (QED) is 0.666. The Bertz CT molecular complexity index is 143.